The maximum Gasteiger partial charge on any atom is 0.371 e. The number of benzene rings is 1. The van der Waals surface area contributed by atoms with Crippen LogP contribution < -0.4 is 5.73 Å². The Labute approximate surface area is 117 Å². The second-order valence-electron chi connectivity index (χ2n) is 3.88. The number of amides is 1. The number of carboxylic acid groups (broad SMARTS) is 1. The molecule has 0 aliphatic rings. The second kappa shape index (κ2) is 5.79. The fourth-order valence-electron chi connectivity index (χ4n) is 1.50. The van der Waals surface area contributed by atoms with Crippen LogP contribution in [0.15, 0.2) is 39.8 Å². The lowest BCUT2D eigenvalue weighted by Gasteiger charge is -2.03. The standard InChI is InChI=1S/C13H10FNO4S/c14-9-2-1-7(12(15)16)5-8(9)6-20-11-4-3-10(19-11)13(17)18/h1-5H,6H2,(H2,15,16)(H,17,18). The van der Waals surface area contributed by atoms with Gasteiger partial charge in [-0.05, 0) is 35.9 Å². The van der Waals surface area contributed by atoms with Gasteiger partial charge in [-0.2, -0.15) is 0 Å². The minimum atomic E-state index is -1.17. The Morgan fingerprint density at radius 3 is 2.65 bits per heavy atom. The molecule has 2 rings (SSSR count). The Balaban J connectivity index is 2.11. The molecule has 0 saturated carbocycles. The van der Waals surface area contributed by atoms with Crippen molar-refractivity contribution in [3.63, 3.8) is 0 Å². The van der Waals surface area contributed by atoms with E-state index in [2.05, 4.69) is 0 Å². The molecular weight excluding hydrogens is 285 g/mol. The molecule has 3 N–H and O–H groups in total. The number of nitrogens with two attached hydrogens (primary N) is 1. The van der Waals surface area contributed by atoms with Gasteiger partial charge in [0.05, 0.1) is 0 Å². The van der Waals surface area contributed by atoms with Gasteiger partial charge in [0.15, 0.2) is 5.09 Å². The monoisotopic (exact) mass is 295 g/mol. The highest BCUT2D eigenvalue weighted by Gasteiger charge is 2.11. The molecule has 0 radical (unpaired) electrons. The molecule has 5 nitrogen and oxygen atoms in total. The Bertz CT molecular complexity index is 668. The molecule has 7 heteroatoms. The number of rotatable bonds is 5. The molecule has 104 valence electrons. The third-order valence-electron chi connectivity index (χ3n) is 2.49. The molecule has 0 aliphatic heterocycles. The molecule has 0 atom stereocenters. The van der Waals surface area contributed by atoms with E-state index in [0.717, 1.165) is 11.8 Å². The van der Waals surface area contributed by atoms with Crippen LogP contribution in [0.2, 0.25) is 0 Å². The van der Waals surface area contributed by atoms with Crippen molar-refractivity contribution in [2.75, 3.05) is 0 Å². The summed E-state index contributed by atoms with van der Waals surface area (Å²) in [5.41, 5.74) is 5.63. The van der Waals surface area contributed by atoms with Crippen molar-refractivity contribution in [3.8, 4) is 0 Å². The lowest BCUT2D eigenvalue weighted by molar-refractivity contribution is 0.0656. The lowest BCUT2D eigenvalue weighted by atomic mass is 10.1. The normalized spacial score (nSPS) is 10.4. The van der Waals surface area contributed by atoms with E-state index in [1.54, 1.807) is 0 Å². The quantitative estimate of drug-likeness (QED) is 0.827. The number of furan rings is 1. The maximum absolute atomic E-state index is 13.6. The minimum absolute atomic E-state index is 0.182. The summed E-state index contributed by atoms with van der Waals surface area (Å²) < 4.78 is 18.6. The van der Waals surface area contributed by atoms with Crippen LogP contribution in [0, 0.1) is 5.82 Å². The molecule has 0 spiro atoms. The van der Waals surface area contributed by atoms with Crippen molar-refractivity contribution in [2.24, 2.45) is 5.73 Å². The van der Waals surface area contributed by atoms with Crippen molar-refractivity contribution < 1.29 is 23.5 Å². The number of carbonyl (C=O) groups excluding carboxylic acids is 1. The Morgan fingerprint density at radius 1 is 1.30 bits per heavy atom. The van der Waals surface area contributed by atoms with E-state index in [-0.39, 0.29) is 17.1 Å². The van der Waals surface area contributed by atoms with Gasteiger partial charge < -0.3 is 15.3 Å². The van der Waals surface area contributed by atoms with Crippen LogP contribution in [0.1, 0.15) is 26.5 Å². The van der Waals surface area contributed by atoms with Crippen molar-refractivity contribution in [1.29, 1.82) is 0 Å². The topological polar surface area (TPSA) is 93.5 Å². The molecule has 20 heavy (non-hydrogen) atoms. The van der Waals surface area contributed by atoms with E-state index >= 15 is 0 Å². The number of halogens is 1. The zero-order chi connectivity index (χ0) is 14.7. The van der Waals surface area contributed by atoms with Crippen LogP contribution >= 0.6 is 11.8 Å². The summed E-state index contributed by atoms with van der Waals surface area (Å²) in [4.78, 5) is 21.7. The number of carbonyl (C=O) groups is 2. The van der Waals surface area contributed by atoms with E-state index in [0.29, 0.717) is 10.7 Å². The van der Waals surface area contributed by atoms with E-state index in [1.807, 2.05) is 0 Å². The van der Waals surface area contributed by atoms with Crippen LogP contribution in [0.5, 0.6) is 0 Å². The Hall–Kier alpha value is -2.28. The predicted molar refractivity (Wildman–Crippen MR) is 70.1 cm³/mol. The predicted octanol–water partition coefficient (Wildman–Crippen LogP) is 2.51. The zero-order valence-corrected chi connectivity index (χ0v) is 10.9. The third kappa shape index (κ3) is 3.18. The van der Waals surface area contributed by atoms with Crippen molar-refractivity contribution in [3.05, 3.63) is 53.0 Å². The van der Waals surface area contributed by atoms with Gasteiger partial charge in [-0.15, -0.1) is 0 Å². The molecule has 2 aromatic rings. The molecule has 0 aliphatic carbocycles. The number of primary amides is 1. The van der Waals surface area contributed by atoms with Gasteiger partial charge >= 0.3 is 5.97 Å². The molecule has 0 saturated heterocycles. The smallest absolute Gasteiger partial charge is 0.371 e. The summed E-state index contributed by atoms with van der Waals surface area (Å²) in [6.45, 7) is 0. The molecule has 1 aromatic heterocycles. The first-order valence-corrected chi connectivity index (χ1v) is 6.50. The van der Waals surface area contributed by atoms with Crippen LogP contribution in [-0.2, 0) is 5.75 Å². The maximum atomic E-state index is 13.6. The van der Waals surface area contributed by atoms with Crippen molar-refractivity contribution in [2.45, 2.75) is 10.8 Å². The first-order valence-electron chi connectivity index (χ1n) is 5.51. The average molecular weight is 295 g/mol. The molecule has 0 fully saturated rings. The van der Waals surface area contributed by atoms with Gasteiger partial charge in [0.25, 0.3) is 0 Å². The van der Waals surface area contributed by atoms with Gasteiger partial charge in [0.1, 0.15) is 5.82 Å². The summed E-state index contributed by atoms with van der Waals surface area (Å²) in [5, 5.41) is 9.06. The van der Waals surface area contributed by atoms with Gasteiger partial charge in [-0.25, -0.2) is 9.18 Å². The molecule has 0 bridgehead atoms. The van der Waals surface area contributed by atoms with Crippen LogP contribution in [0.3, 0.4) is 0 Å². The van der Waals surface area contributed by atoms with E-state index in [9.17, 15) is 14.0 Å². The Morgan fingerprint density at radius 2 is 2.05 bits per heavy atom. The van der Waals surface area contributed by atoms with E-state index < -0.39 is 17.7 Å². The van der Waals surface area contributed by atoms with Gasteiger partial charge in [0, 0.05) is 11.3 Å². The average Bonchev–Trinajstić information content (AvgIpc) is 2.86. The first kappa shape index (κ1) is 14.1. The van der Waals surface area contributed by atoms with Crippen LogP contribution in [-0.4, -0.2) is 17.0 Å². The largest absolute Gasteiger partial charge is 0.475 e. The fourth-order valence-corrected chi connectivity index (χ4v) is 2.33. The SMILES string of the molecule is NC(=O)c1ccc(F)c(CSc2ccc(C(=O)O)o2)c1. The van der Waals surface area contributed by atoms with Crippen LogP contribution in [0.25, 0.3) is 0 Å². The second-order valence-corrected chi connectivity index (χ2v) is 4.86. The summed E-state index contributed by atoms with van der Waals surface area (Å²) >= 11 is 1.12. The highest BCUT2D eigenvalue weighted by Crippen LogP contribution is 2.26. The highest BCUT2D eigenvalue weighted by molar-refractivity contribution is 7.98. The summed E-state index contributed by atoms with van der Waals surface area (Å²) in [6.07, 6.45) is 0. The highest BCUT2D eigenvalue weighted by atomic mass is 32.2. The Kier molecular flexibility index (Phi) is 4.09. The number of hydrogen-bond donors (Lipinski definition) is 2. The molecule has 1 heterocycles. The zero-order valence-electron chi connectivity index (χ0n) is 10.1. The lowest BCUT2D eigenvalue weighted by Crippen LogP contribution is -2.11. The minimum Gasteiger partial charge on any atom is -0.475 e. The van der Waals surface area contributed by atoms with Crippen molar-refractivity contribution >= 4 is 23.6 Å². The molecular formula is C13H10FNO4S. The summed E-state index contributed by atoms with van der Waals surface area (Å²) in [7, 11) is 0. The van der Waals surface area contributed by atoms with E-state index in [4.69, 9.17) is 15.3 Å². The molecule has 0 unspecified atom stereocenters. The number of carboxylic acids is 1. The summed E-state index contributed by atoms with van der Waals surface area (Å²) in [5.74, 6) is -2.26. The molecule has 1 aromatic carbocycles. The number of thioether (sulfide) groups is 1. The number of aromatic carboxylic acids is 1. The van der Waals surface area contributed by atoms with E-state index in [1.165, 1.54) is 30.3 Å². The van der Waals surface area contributed by atoms with Crippen LogP contribution in [0.4, 0.5) is 4.39 Å². The van der Waals surface area contributed by atoms with Gasteiger partial charge in [0.2, 0.25) is 11.7 Å². The molecule has 1 amide bonds. The van der Waals surface area contributed by atoms with Crippen molar-refractivity contribution in [1.82, 2.24) is 0 Å². The third-order valence-corrected chi connectivity index (χ3v) is 3.45. The number of hydrogen-bond acceptors (Lipinski definition) is 4. The van der Waals surface area contributed by atoms with Gasteiger partial charge in [-0.3, -0.25) is 4.79 Å². The fraction of sp³-hybridized carbons (Fsp3) is 0.0769. The summed E-state index contributed by atoms with van der Waals surface area (Å²) in [6, 6.07) is 6.65. The first-order chi connectivity index (χ1) is 9.47. The van der Waals surface area contributed by atoms with Gasteiger partial charge in [-0.1, -0.05) is 11.8 Å².